The molecule has 0 bridgehead atoms. The topological polar surface area (TPSA) is 47.3 Å². The first-order valence-electron chi connectivity index (χ1n) is 7.21. The average Bonchev–Trinajstić information content (AvgIpc) is 2.83. The Balaban J connectivity index is 1.78. The third-order valence-electron chi connectivity index (χ3n) is 3.82. The molecule has 1 N–H and O–H groups in total. The molecule has 1 aliphatic heterocycles. The zero-order valence-corrected chi connectivity index (χ0v) is 11.8. The van der Waals surface area contributed by atoms with Crippen molar-refractivity contribution < 1.29 is 9.26 Å². The molecule has 0 aliphatic carbocycles. The van der Waals surface area contributed by atoms with E-state index >= 15 is 0 Å². The van der Waals surface area contributed by atoms with Gasteiger partial charge in [0.2, 0.25) is 0 Å². The van der Waals surface area contributed by atoms with Crippen LogP contribution >= 0.6 is 0 Å². The second kappa shape index (κ2) is 6.09. The molecule has 3 rings (SSSR count). The van der Waals surface area contributed by atoms with Gasteiger partial charge in [-0.05, 0) is 43.7 Å². The Hall–Kier alpha value is -1.81. The lowest BCUT2D eigenvalue weighted by Crippen LogP contribution is -2.20. The number of rotatable bonds is 3. The standard InChI is InChI=1S/C16H20N2O2/c1-19-13-8-6-12(7-9-13)16-11-15(18-20-16)14-5-3-2-4-10-17-14/h6-9,11,14,17H,2-5,10H2,1H3/t14-/m0/s1. The van der Waals surface area contributed by atoms with Gasteiger partial charge < -0.3 is 14.6 Å². The van der Waals surface area contributed by atoms with Gasteiger partial charge in [0.1, 0.15) is 11.4 Å². The maximum atomic E-state index is 5.49. The van der Waals surface area contributed by atoms with Gasteiger partial charge in [-0.15, -0.1) is 0 Å². The van der Waals surface area contributed by atoms with Gasteiger partial charge >= 0.3 is 0 Å². The van der Waals surface area contributed by atoms with E-state index in [1.165, 1.54) is 19.3 Å². The van der Waals surface area contributed by atoms with E-state index < -0.39 is 0 Å². The Morgan fingerprint density at radius 1 is 1.20 bits per heavy atom. The van der Waals surface area contributed by atoms with Gasteiger partial charge in [-0.2, -0.15) is 0 Å². The SMILES string of the molecule is COc1ccc(-c2cc([C@@H]3CCCCCN3)no2)cc1. The van der Waals surface area contributed by atoms with Crippen molar-refractivity contribution in [3.63, 3.8) is 0 Å². The molecule has 0 unspecified atom stereocenters. The molecule has 2 heterocycles. The van der Waals surface area contributed by atoms with Gasteiger partial charge in [-0.3, -0.25) is 0 Å². The predicted octanol–water partition coefficient (Wildman–Crippen LogP) is 3.55. The summed E-state index contributed by atoms with van der Waals surface area (Å²) in [5.74, 6) is 1.66. The number of benzene rings is 1. The zero-order chi connectivity index (χ0) is 13.8. The minimum absolute atomic E-state index is 0.327. The van der Waals surface area contributed by atoms with E-state index in [9.17, 15) is 0 Å². The monoisotopic (exact) mass is 272 g/mol. The summed E-state index contributed by atoms with van der Waals surface area (Å²) in [7, 11) is 1.67. The van der Waals surface area contributed by atoms with Crippen LogP contribution in [0.3, 0.4) is 0 Å². The van der Waals surface area contributed by atoms with Crippen LogP contribution in [-0.2, 0) is 0 Å². The van der Waals surface area contributed by atoms with Crippen molar-refractivity contribution in [1.29, 1.82) is 0 Å². The lowest BCUT2D eigenvalue weighted by atomic mass is 10.1. The van der Waals surface area contributed by atoms with E-state index in [4.69, 9.17) is 9.26 Å². The van der Waals surface area contributed by atoms with Gasteiger partial charge in [0.15, 0.2) is 5.76 Å². The smallest absolute Gasteiger partial charge is 0.167 e. The zero-order valence-electron chi connectivity index (χ0n) is 11.8. The van der Waals surface area contributed by atoms with Crippen molar-refractivity contribution in [1.82, 2.24) is 10.5 Å². The molecule has 4 nitrogen and oxygen atoms in total. The predicted molar refractivity (Wildman–Crippen MR) is 77.7 cm³/mol. The number of methoxy groups -OCH3 is 1. The molecule has 106 valence electrons. The van der Waals surface area contributed by atoms with E-state index in [1.807, 2.05) is 30.3 Å². The number of hydrogen-bond donors (Lipinski definition) is 1. The lowest BCUT2D eigenvalue weighted by Gasteiger charge is -2.11. The highest BCUT2D eigenvalue weighted by molar-refractivity contribution is 5.58. The molecule has 1 aromatic heterocycles. The van der Waals surface area contributed by atoms with Crippen molar-refractivity contribution in [3.8, 4) is 17.1 Å². The molecule has 1 atom stereocenters. The Kier molecular flexibility index (Phi) is 4.02. The number of nitrogens with one attached hydrogen (secondary N) is 1. The highest BCUT2D eigenvalue weighted by Gasteiger charge is 2.18. The van der Waals surface area contributed by atoms with E-state index in [0.29, 0.717) is 6.04 Å². The molecule has 0 amide bonds. The lowest BCUT2D eigenvalue weighted by molar-refractivity contribution is 0.402. The van der Waals surface area contributed by atoms with E-state index in [-0.39, 0.29) is 0 Å². The maximum Gasteiger partial charge on any atom is 0.167 e. The Morgan fingerprint density at radius 3 is 2.85 bits per heavy atom. The van der Waals surface area contributed by atoms with Crippen LogP contribution in [0.2, 0.25) is 0 Å². The first kappa shape index (κ1) is 13.2. The molecule has 0 saturated carbocycles. The van der Waals surface area contributed by atoms with Crippen molar-refractivity contribution in [2.75, 3.05) is 13.7 Å². The molecule has 1 fully saturated rings. The fourth-order valence-corrected chi connectivity index (χ4v) is 2.63. The van der Waals surface area contributed by atoms with Crippen LogP contribution in [0.4, 0.5) is 0 Å². The van der Waals surface area contributed by atoms with Crippen molar-refractivity contribution >= 4 is 0 Å². The van der Waals surface area contributed by atoms with E-state index in [0.717, 1.165) is 35.7 Å². The van der Waals surface area contributed by atoms with Gasteiger partial charge in [0, 0.05) is 11.6 Å². The molecule has 0 radical (unpaired) electrons. The molecule has 2 aromatic rings. The Bertz CT molecular complexity index is 540. The normalized spacial score (nSPS) is 19.6. The van der Waals surface area contributed by atoms with Crippen molar-refractivity contribution in [3.05, 3.63) is 36.0 Å². The summed E-state index contributed by atoms with van der Waals surface area (Å²) in [4.78, 5) is 0. The van der Waals surface area contributed by atoms with Crippen LogP contribution in [0.5, 0.6) is 5.75 Å². The molecular formula is C16H20N2O2. The second-order valence-corrected chi connectivity index (χ2v) is 5.20. The minimum Gasteiger partial charge on any atom is -0.497 e. The highest BCUT2D eigenvalue weighted by Crippen LogP contribution is 2.27. The molecule has 1 saturated heterocycles. The number of nitrogens with zero attached hydrogens (tertiary/aromatic N) is 1. The summed E-state index contributed by atoms with van der Waals surface area (Å²) in [6.45, 7) is 1.06. The Morgan fingerprint density at radius 2 is 2.05 bits per heavy atom. The highest BCUT2D eigenvalue weighted by atomic mass is 16.5. The van der Waals surface area contributed by atoms with Crippen LogP contribution in [0.1, 0.15) is 37.4 Å². The van der Waals surface area contributed by atoms with Crippen LogP contribution in [0.25, 0.3) is 11.3 Å². The third kappa shape index (κ3) is 2.85. The van der Waals surface area contributed by atoms with Crippen molar-refractivity contribution in [2.45, 2.75) is 31.7 Å². The fourth-order valence-electron chi connectivity index (χ4n) is 2.63. The van der Waals surface area contributed by atoms with Crippen LogP contribution < -0.4 is 10.1 Å². The van der Waals surface area contributed by atoms with E-state index in [2.05, 4.69) is 10.5 Å². The first-order valence-corrected chi connectivity index (χ1v) is 7.21. The van der Waals surface area contributed by atoms with Gasteiger partial charge in [-0.1, -0.05) is 18.0 Å². The molecule has 1 aromatic carbocycles. The molecule has 1 aliphatic rings. The number of ether oxygens (including phenoxy) is 1. The van der Waals surface area contributed by atoms with Crippen LogP contribution in [0.15, 0.2) is 34.9 Å². The third-order valence-corrected chi connectivity index (χ3v) is 3.82. The molecule has 20 heavy (non-hydrogen) atoms. The quantitative estimate of drug-likeness (QED) is 0.928. The average molecular weight is 272 g/mol. The number of hydrogen-bond acceptors (Lipinski definition) is 4. The largest absolute Gasteiger partial charge is 0.497 e. The van der Waals surface area contributed by atoms with E-state index in [1.54, 1.807) is 7.11 Å². The maximum absolute atomic E-state index is 5.49. The second-order valence-electron chi connectivity index (χ2n) is 5.20. The summed E-state index contributed by atoms with van der Waals surface area (Å²) >= 11 is 0. The molecule has 0 spiro atoms. The van der Waals surface area contributed by atoms with Gasteiger partial charge in [0.05, 0.1) is 13.2 Å². The van der Waals surface area contributed by atoms with Gasteiger partial charge in [0.25, 0.3) is 0 Å². The van der Waals surface area contributed by atoms with Crippen LogP contribution in [0, 0.1) is 0 Å². The fraction of sp³-hybridized carbons (Fsp3) is 0.438. The van der Waals surface area contributed by atoms with Gasteiger partial charge in [-0.25, -0.2) is 0 Å². The summed E-state index contributed by atoms with van der Waals surface area (Å²) in [5.41, 5.74) is 2.04. The van der Waals surface area contributed by atoms with Crippen molar-refractivity contribution in [2.24, 2.45) is 0 Å². The van der Waals surface area contributed by atoms with Crippen LogP contribution in [-0.4, -0.2) is 18.8 Å². The minimum atomic E-state index is 0.327. The Labute approximate surface area is 119 Å². The summed E-state index contributed by atoms with van der Waals surface area (Å²) in [6.07, 6.45) is 4.93. The number of aromatic nitrogens is 1. The summed E-state index contributed by atoms with van der Waals surface area (Å²) < 4.78 is 10.7. The molecule has 4 heteroatoms. The summed E-state index contributed by atoms with van der Waals surface area (Å²) in [5, 5.41) is 7.77. The molecular weight excluding hydrogens is 252 g/mol. The summed E-state index contributed by atoms with van der Waals surface area (Å²) in [6, 6.07) is 10.2. The first-order chi connectivity index (χ1) is 9.86.